The second-order valence-corrected chi connectivity index (χ2v) is 6.63. The standard InChI is InChI=1S/C17H24N2/c1-2-6-16(13-7-8-13)14(4-1)10-19-11-15-5-3-9-18-17(15)12-19/h1-2,4,6,13,15,17-18H,3,5,7-12H2. The van der Waals surface area contributed by atoms with Crippen LogP contribution in [0, 0.1) is 5.92 Å². The average molecular weight is 256 g/mol. The highest BCUT2D eigenvalue weighted by atomic mass is 15.2. The Morgan fingerprint density at radius 1 is 1.11 bits per heavy atom. The Morgan fingerprint density at radius 3 is 2.84 bits per heavy atom. The van der Waals surface area contributed by atoms with Gasteiger partial charge >= 0.3 is 0 Å². The Kier molecular flexibility index (Phi) is 3.08. The number of fused-ring (bicyclic) bond motifs is 1. The topological polar surface area (TPSA) is 15.3 Å². The van der Waals surface area contributed by atoms with Gasteiger partial charge in [-0.3, -0.25) is 4.90 Å². The molecule has 3 fully saturated rings. The second kappa shape index (κ2) is 4.92. The van der Waals surface area contributed by atoms with Gasteiger partial charge in [0.1, 0.15) is 0 Å². The molecule has 4 rings (SSSR count). The summed E-state index contributed by atoms with van der Waals surface area (Å²) in [7, 11) is 0. The molecular weight excluding hydrogens is 232 g/mol. The summed E-state index contributed by atoms with van der Waals surface area (Å²) in [5.74, 6) is 1.78. The molecular formula is C17H24N2. The van der Waals surface area contributed by atoms with Crippen molar-refractivity contribution in [3.05, 3.63) is 35.4 Å². The van der Waals surface area contributed by atoms with Crippen molar-refractivity contribution in [1.29, 1.82) is 0 Å². The highest BCUT2D eigenvalue weighted by Gasteiger charge is 2.34. The molecule has 2 aliphatic heterocycles. The fourth-order valence-electron chi connectivity index (χ4n) is 3.98. The van der Waals surface area contributed by atoms with Crippen LogP contribution in [0.15, 0.2) is 24.3 Å². The lowest BCUT2D eigenvalue weighted by Crippen LogP contribution is -2.40. The summed E-state index contributed by atoms with van der Waals surface area (Å²) in [6.45, 7) is 4.95. The van der Waals surface area contributed by atoms with Crippen LogP contribution >= 0.6 is 0 Å². The van der Waals surface area contributed by atoms with Crippen LogP contribution < -0.4 is 5.32 Å². The third kappa shape index (κ3) is 2.44. The maximum Gasteiger partial charge on any atom is 0.0237 e. The highest BCUT2D eigenvalue weighted by molar-refractivity contribution is 5.33. The summed E-state index contributed by atoms with van der Waals surface area (Å²) in [5, 5.41) is 3.70. The van der Waals surface area contributed by atoms with Gasteiger partial charge in [-0.25, -0.2) is 0 Å². The SMILES string of the molecule is c1ccc(C2CC2)c(CN2CC3CCCNC3C2)c1. The maximum atomic E-state index is 3.70. The zero-order chi connectivity index (χ0) is 12.7. The van der Waals surface area contributed by atoms with Crippen molar-refractivity contribution >= 4 is 0 Å². The highest BCUT2D eigenvalue weighted by Crippen LogP contribution is 2.42. The Balaban J connectivity index is 1.47. The first-order chi connectivity index (χ1) is 9.40. The molecule has 2 atom stereocenters. The van der Waals surface area contributed by atoms with E-state index in [1.54, 1.807) is 11.1 Å². The molecule has 0 aromatic heterocycles. The van der Waals surface area contributed by atoms with Crippen molar-refractivity contribution in [3.63, 3.8) is 0 Å². The van der Waals surface area contributed by atoms with Gasteiger partial charge in [0.05, 0.1) is 0 Å². The predicted molar refractivity (Wildman–Crippen MR) is 78.2 cm³/mol. The van der Waals surface area contributed by atoms with Gasteiger partial charge in [-0.1, -0.05) is 24.3 Å². The monoisotopic (exact) mass is 256 g/mol. The van der Waals surface area contributed by atoms with E-state index in [9.17, 15) is 0 Å². The third-order valence-corrected chi connectivity index (χ3v) is 5.14. The minimum Gasteiger partial charge on any atom is -0.312 e. The fourth-order valence-corrected chi connectivity index (χ4v) is 3.98. The molecule has 2 saturated heterocycles. The van der Waals surface area contributed by atoms with Crippen molar-refractivity contribution < 1.29 is 0 Å². The fraction of sp³-hybridized carbons (Fsp3) is 0.647. The molecule has 3 aliphatic rings. The van der Waals surface area contributed by atoms with Crippen molar-refractivity contribution in [1.82, 2.24) is 10.2 Å². The quantitative estimate of drug-likeness (QED) is 0.894. The van der Waals surface area contributed by atoms with Crippen LogP contribution in [0.25, 0.3) is 0 Å². The summed E-state index contributed by atoms with van der Waals surface area (Å²) in [6, 6.07) is 9.89. The molecule has 0 spiro atoms. The Hall–Kier alpha value is -0.860. The normalized spacial score (nSPS) is 31.4. The van der Waals surface area contributed by atoms with E-state index >= 15 is 0 Å². The average Bonchev–Trinajstić information content (AvgIpc) is 3.19. The molecule has 0 bridgehead atoms. The van der Waals surface area contributed by atoms with Crippen molar-refractivity contribution in [2.45, 2.75) is 44.2 Å². The number of benzene rings is 1. The number of hydrogen-bond donors (Lipinski definition) is 1. The number of nitrogens with one attached hydrogen (secondary N) is 1. The molecule has 0 radical (unpaired) electrons. The molecule has 102 valence electrons. The third-order valence-electron chi connectivity index (χ3n) is 5.14. The van der Waals surface area contributed by atoms with Gasteiger partial charge in [0.2, 0.25) is 0 Å². The van der Waals surface area contributed by atoms with Crippen LogP contribution in [0.4, 0.5) is 0 Å². The molecule has 2 heteroatoms. The lowest BCUT2D eigenvalue weighted by atomic mass is 9.94. The van der Waals surface area contributed by atoms with Gasteiger partial charge in [0.15, 0.2) is 0 Å². The Morgan fingerprint density at radius 2 is 2.00 bits per heavy atom. The van der Waals surface area contributed by atoms with E-state index in [1.165, 1.54) is 51.9 Å². The Labute approximate surface area is 116 Å². The number of likely N-dealkylation sites (tertiary alicyclic amines) is 1. The van der Waals surface area contributed by atoms with Crippen LogP contribution in [0.2, 0.25) is 0 Å². The molecule has 19 heavy (non-hydrogen) atoms. The first-order valence-corrected chi connectivity index (χ1v) is 7.94. The molecule has 2 unspecified atom stereocenters. The van der Waals surface area contributed by atoms with E-state index in [1.807, 2.05) is 0 Å². The van der Waals surface area contributed by atoms with Crippen molar-refractivity contribution in [2.24, 2.45) is 5.92 Å². The van der Waals surface area contributed by atoms with E-state index in [4.69, 9.17) is 0 Å². The minimum absolute atomic E-state index is 0.766. The molecule has 1 aliphatic carbocycles. The molecule has 2 heterocycles. The van der Waals surface area contributed by atoms with Crippen molar-refractivity contribution in [3.8, 4) is 0 Å². The first kappa shape index (κ1) is 11.9. The van der Waals surface area contributed by atoms with Gasteiger partial charge in [-0.05, 0) is 55.2 Å². The largest absolute Gasteiger partial charge is 0.312 e. The Bertz CT molecular complexity index is 438. The van der Waals surface area contributed by atoms with Crippen LogP contribution in [-0.2, 0) is 6.54 Å². The zero-order valence-corrected chi connectivity index (χ0v) is 11.6. The van der Waals surface area contributed by atoms with E-state index in [2.05, 4.69) is 34.5 Å². The van der Waals surface area contributed by atoms with Crippen LogP contribution in [0.3, 0.4) is 0 Å². The molecule has 1 N–H and O–H groups in total. The van der Waals surface area contributed by atoms with Gasteiger partial charge in [0.25, 0.3) is 0 Å². The van der Waals surface area contributed by atoms with Gasteiger partial charge in [0, 0.05) is 25.7 Å². The summed E-state index contributed by atoms with van der Waals surface area (Å²) in [4.78, 5) is 2.68. The zero-order valence-electron chi connectivity index (χ0n) is 11.6. The summed E-state index contributed by atoms with van der Waals surface area (Å²) >= 11 is 0. The van der Waals surface area contributed by atoms with Crippen molar-refractivity contribution in [2.75, 3.05) is 19.6 Å². The summed E-state index contributed by atoms with van der Waals surface area (Å²) in [5.41, 5.74) is 3.22. The van der Waals surface area contributed by atoms with Gasteiger partial charge < -0.3 is 5.32 Å². The van der Waals surface area contributed by atoms with Gasteiger partial charge in [-0.15, -0.1) is 0 Å². The van der Waals surface area contributed by atoms with E-state index < -0.39 is 0 Å². The van der Waals surface area contributed by atoms with Crippen LogP contribution in [0.1, 0.15) is 42.7 Å². The van der Waals surface area contributed by atoms with Crippen LogP contribution in [-0.4, -0.2) is 30.6 Å². The lowest BCUT2D eigenvalue weighted by Gasteiger charge is -2.24. The van der Waals surface area contributed by atoms with E-state index in [0.29, 0.717) is 0 Å². The molecule has 1 aromatic carbocycles. The molecule has 2 nitrogen and oxygen atoms in total. The first-order valence-electron chi connectivity index (χ1n) is 7.94. The number of rotatable bonds is 3. The smallest absolute Gasteiger partial charge is 0.0237 e. The molecule has 0 amide bonds. The number of piperidine rings is 1. The number of nitrogens with zero attached hydrogens (tertiary/aromatic N) is 1. The lowest BCUT2D eigenvalue weighted by molar-refractivity contribution is 0.312. The predicted octanol–water partition coefficient (Wildman–Crippen LogP) is 2.75. The maximum absolute atomic E-state index is 3.70. The van der Waals surface area contributed by atoms with Gasteiger partial charge in [-0.2, -0.15) is 0 Å². The minimum atomic E-state index is 0.766. The molecule has 1 saturated carbocycles. The van der Waals surface area contributed by atoms with E-state index in [0.717, 1.165) is 17.9 Å². The molecule has 1 aromatic rings. The van der Waals surface area contributed by atoms with E-state index in [-0.39, 0.29) is 0 Å². The van der Waals surface area contributed by atoms with Crippen LogP contribution in [0.5, 0.6) is 0 Å². The summed E-state index contributed by atoms with van der Waals surface area (Å²) in [6.07, 6.45) is 5.61. The summed E-state index contributed by atoms with van der Waals surface area (Å²) < 4.78 is 0. The number of hydrogen-bond acceptors (Lipinski definition) is 2. The second-order valence-electron chi connectivity index (χ2n) is 6.63.